The van der Waals surface area contributed by atoms with Gasteiger partial charge in [0.15, 0.2) is 6.61 Å². The lowest BCUT2D eigenvalue weighted by Gasteiger charge is -2.11. The van der Waals surface area contributed by atoms with Crippen LogP contribution in [0.4, 0.5) is 5.69 Å². The third kappa shape index (κ3) is 4.54. The summed E-state index contributed by atoms with van der Waals surface area (Å²) >= 11 is 1.28. The summed E-state index contributed by atoms with van der Waals surface area (Å²) in [6.45, 7) is -0.377. The fraction of sp³-hybridized carbons (Fsp3) is 0.167. The van der Waals surface area contributed by atoms with Gasteiger partial charge in [-0.25, -0.2) is 4.79 Å². The fourth-order valence-corrected chi connectivity index (χ4v) is 2.54. The highest BCUT2D eigenvalue weighted by Crippen LogP contribution is 2.15. The Balaban J connectivity index is 2.03. The molecule has 0 saturated carbocycles. The summed E-state index contributed by atoms with van der Waals surface area (Å²) in [5, 5.41) is 10.9. The van der Waals surface area contributed by atoms with Crippen molar-refractivity contribution in [3.8, 4) is 6.07 Å². The number of ketones is 1. The van der Waals surface area contributed by atoms with Crippen LogP contribution >= 0.6 is 11.3 Å². The van der Waals surface area contributed by atoms with Crippen LogP contribution in [0.2, 0.25) is 0 Å². The second kappa shape index (κ2) is 8.09. The number of carbonyl (C=O) groups is 2. The normalized spacial score (nSPS) is 10.8. The molecule has 0 aliphatic heterocycles. The number of hydrogen-bond donors (Lipinski definition) is 0. The fourth-order valence-electron chi connectivity index (χ4n) is 1.89. The Morgan fingerprint density at radius 2 is 1.96 bits per heavy atom. The average molecular weight is 340 g/mol. The molecular weight excluding hydrogens is 324 g/mol. The zero-order valence-corrected chi connectivity index (χ0v) is 14.2. The van der Waals surface area contributed by atoms with Crippen LogP contribution in [0.1, 0.15) is 15.2 Å². The molecule has 2 aromatic rings. The number of benzene rings is 1. The summed E-state index contributed by atoms with van der Waals surface area (Å²) in [4.78, 5) is 26.2. The zero-order chi connectivity index (χ0) is 17.5. The third-order valence-electron chi connectivity index (χ3n) is 3.19. The lowest BCUT2D eigenvalue weighted by atomic mass is 10.1. The first-order valence-corrected chi connectivity index (χ1v) is 8.02. The van der Waals surface area contributed by atoms with Gasteiger partial charge in [-0.05, 0) is 35.2 Å². The van der Waals surface area contributed by atoms with Gasteiger partial charge in [0.1, 0.15) is 11.6 Å². The maximum Gasteiger partial charge on any atom is 0.349 e. The number of esters is 1. The molecule has 0 spiro atoms. The number of thiophene rings is 1. The monoisotopic (exact) mass is 340 g/mol. The van der Waals surface area contributed by atoms with Gasteiger partial charge in [-0.15, -0.1) is 11.3 Å². The number of anilines is 1. The Bertz CT molecular complexity index is 785. The van der Waals surface area contributed by atoms with E-state index in [-0.39, 0.29) is 18.0 Å². The summed E-state index contributed by atoms with van der Waals surface area (Å²) in [6, 6.07) is 12.6. The van der Waals surface area contributed by atoms with Crippen molar-refractivity contribution >= 4 is 34.9 Å². The van der Waals surface area contributed by atoms with Crippen molar-refractivity contribution in [1.82, 2.24) is 0 Å². The molecule has 2 rings (SSSR count). The zero-order valence-electron chi connectivity index (χ0n) is 13.4. The summed E-state index contributed by atoms with van der Waals surface area (Å²) in [7, 11) is 3.85. The maximum atomic E-state index is 12.0. The molecule has 1 aromatic heterocycles. The largest absolute Gasteiger partial charge is 0.453 e. The van der Waals surface area contributed by atoms with Gasteiger partial charge in [-0.2, -0.15) is 5.26 Å². The molecule has 0 saturated heterocycles. The second-order valence-corrected chi connectivity index (χ2v) is 6.08. The molecule has 0 unspecified atom stereocenters. The number of hydrogen-bond acceptors (Lipinski definition) is 6. The molecule has 0 fully saturated rings. The molecule has 6 heteroatoms. The van der Waals surface area contributed by atoms with Gasteiger partial charge >= 0.3 is 5.97 Å². The van der Waals surface area contributed by atoms with Crippen LogP contribution in [-0.2, 0) is 9.53 Å². The van der Waals surface area contributed by atoms with E-state index in [1.807, 2.05) is 37.2 Å². The van der Waals surface area contributed by atoms with Crippen molar-refractivity contribution in [3.05, 3.63) is 57.8 Å². The first-order valence-electron chi connectivity index (χ1n) is 7.14. The Hall–Kier alpha value is -2.91. The van der Waals surface area contributed by atoms with Crippen molar-refractivity contribution in [2.75, 3.05) is 25.6 Å². The Morgan fingerprint density at radius 1 is 1.25 bits per heavy atom. The highest BCUT2D eigenvalue weighted by Gasteiger charge is 2.14. The van der Waals surface area contributed by atoms with E-state index in [0.29, 0.717) is 10.4 Å². The topological polar surface area (TPSA) is 70.4 Å². The van der Waals surface area contributed by atoms with Crippen LogP contribution in [0.3, 0.4) is 0 Å². The summed E-state index contributed by atoms with van der Waals surface area (Å²) in [5.74, 6) is -1.09. The van der Waals surface area contributed by atoms with Crippen LogP contribution in [-0.4, -0.2) is 32.5 Å². The van der Waals surface area contributed by atoms with Crippen LogP contribution in [0.25, 0.3) is 6.08 Å². The van der Waals surface area contributed by atoms with Crippen LogP contribution in [0.15, 0.2) is 47.4 Å². The highest BCUT2D eigenvalue weighted by atomic mass is 32.1. The molecule has 0 aliphatic rings. The predicted octanol–water partition coefficient (Wildman–Crippen LogP) is 3.15. The van der Waals surface area contributed by atoms with Crippen molar-refractivity contribution in [3.63, 3.8) is 0 Å². The number of nitriles is 1. The van der Waals surface area contributed by atoms with Crippen LogP contribution < -0.4 is 4.90 Å². The maximum absolute atomic E-state index is 12.0. The first-order chi connectivity index (χ1) is 11.5. The van der Waals surface area contributed by atoms with Crippen molar-refractivity contribution in [2.24, 2.45) is 0 Å². The molecule has 5 nitrogen and oxygen atoms in total. The lowest BCUT2D eigenvalue weighted by molar-refractivity contribution is -0.137. The molecule has 0 N–H and O–H groups in total. The van der Waals surface area contributed by atoms with E-state index in [1.54, 1.807) is 29.6 Å². The second-order valence-electron chi connectivity index (χ2n) is 5.13. The first kappa shape index (κ1) is 17.4. The number of rotatable bonds is 6. The third-order valence-corrected chi connectivity index (χ3v) is 4.10. The number of carbonyl (C=O) groups excluding carboxylic acids is 2. The Morgan fingerprint density at radius 3 is 2.50 bits per heavy atom. The Kier molecular flexibility index (Phi) is 5.88. The minimum absolute atomic E-state index is 0.147. The van der Waals surface area contributed by atoms with Crippen molar-refractivity contribution < 1.29 is 14.3 Å². The van der Waals surface area contributed by atoms with Gasteiger partial charge in [0, 0.05) is 19.8 Å². The molecule has 0 bridgehead atoms. The summed E-state index contributed by atoms with van der Waals surface area (Å²) in [6.07, 6.45) is 1.44. The van der Waals surface area contributed by atoms with Gasteiger partial charge in [0.05, 0.1) is 4.88 Å². The molecule has 0 radical (unpaired) electrons. The standard InChI is InChI=1S/C18H16N2O3S/c1-20(2)15-7-5-13(6-8-15)10-14(11-19)18(22)23-12-16(21)17-4-3-9-24-17/h3-10H,12H2,1-2H3/b14-10+. The molecule has 122 valence electrons. The molecule has 24 heavy (non-hydrogen) atoms. The van der Waals surface area contributed by atoms with E-state index in [1.165, 1.54) is 17.4 Å². The molecule has 1 aromatic carbocycles. The van der Waals surface area contributed by atoms with Gasteiger partial charge in [-0.3, -0.25) is 4.79 Å². The Labute approximate surface area is 144 Å². The van der Waals surface area contributed by atoms with Crippen LogP contribution in [0, 0.1) is 11.3 Å². The molecule has 0 amide bonds. The minimum Gasteiger partial charge on any atom is -0.453 e. The van der Waals surface area contributed by atoms with E-state index < -0.39 is 5.97 Å². The van der Waals surface area contributed by atoms with E-state index in [0.717, 1.165) is 5.69 Å². The van der Waals surface area contributed by atoms with Gasteiger partial charge in [0.2, 0.25) is 5.78 Å². The minimum atomic E-state index is -0.806. The SMILES string of the molecule is CN(C)c1ccc(/C=C(\C#N)C(=O)OCC(=O)c2cccs2)cc1. The smallest absolute Gasteiger partial charge is 0.349 e. The van der Waals surface area contributed by atoms with E-state index in [2.05, 4.69) is 0 Å². The van der Waals surface area contributed by atoms with E-state index in [9.17, 15) is 9.59 Å². The quantitative estimate of drug-likeness (QED) is 0.350. The molecular formula is C18H16N2O3S. The predicted molar refractivity (Wildman–Crippen MR) is 94.0 cm³/mol. The summed E-state index contributed by atoms with van der Waals surface area (Å²) in [5.41, 5.74) is 1.57. The van der Waals surface area contributed by atoms with E-state index >= 15 is 0 Å². The number of nitrogens with zero attached hydrogens (tertiary/aromatic N) is 2. The molecule has 1 heterocycles. The average Bonchev–Trinajstić information content (AvgIpc) is 3.12. The van der Waals surface area contributed by atoms with Crippen LogP contribution in [0.5, 0.6) is 0 Å². The van der Waals surface area contributed by atoms with Gasteiger partial charge < -0.3 is 9.64 Å². The van der Waals surface area contributed by atoms with Crippen molar-refractivity contribution in [1.29, 1.82) is 5.26 Å². The highest BCUT2D eigenvalue weighted by molar-refractivity contribution is 7.12. The van der Waals surface area contributed by atoms with Gasteiger partial charge in [0.25, 0.3) is 0 Å². The lowest BCUT2D eigenvalue weighted by Crippen LogP contribution is -2.14. The molecule has 0 atom stereocenters. The number of Topliss-reactive ketones (excluding diaryl/α,β-unsaturated/α-hetero) is 1. The van der Waals surface area contributed by atoms with Gasteiger partial charge in [-0.1, -0.05) is 18.2 Å². The summed E-state index contributed by atoms with van der Waals surface area (Å²) < 4.78 is 4.93. The molecule has 0 aliphatic carbocycles. The number of ether oxygens (including phenoxy) is 1. The van der Waals surface area contributed by atoms with Crippen molar-refractivity contribution in [2.45, 2.75) is 0 Å². The van der Waals surface area contributed by atoms with E-state index in [4.69, 9.17) is 10.00 Å².